The topological polar surface area (TPSA) is 99.5 Å². The van der Waals surface area contributed by atoms with Crippen LogP contribution < -0.4 is 10.1 Å². The van der Waals surface area contributed by atoms with E-state index in [2.05, 4.69) is 43.7 Å². The van der Waals surface area contributed by atoms with Crippen molar-refractivity contribution in [2.45, 2.75) is 0 Å². The van der Waals surface area contributed by atoms with Gasteiger partial charge in [0.25, 0.3) is 0 Å². The number of aromatic amines is 1. The minimum atomic E-state index is 0.542. The van der Waals surface area contributed by atoms with Gasteiger partial charge in [0.1, 0.15) is 17.9 Å². The average Bonchev–Trinajstić information content (AvgIpc) is 3.30. The number of H-pyrrole nitrogens is 1. The van der Waals surface area contributed by atoms with Gasteiger partial charge < -0.3 is 10.1 Å². The van der Waals surface area contributed by atoms with Crippen molar-refractivity contribution in [2.75, 3.05) is 12.4 Å². The van der Waals surface area contributed by atoms with Crippen molar-refractivity contribution >= 4 is 22.5 Å². The number of nitriles is 1. The van der Waals surface area contributed by atoms with E-state index in [0.717, 1.165) is 33.5 Å². The summed E-state index contributed by atoms with van der Waals surface area (Å²) in [6.45, 7) is 0. The second-order valence-electron chi connectivity index (χ2n) is 7.11. The van der Waals surface area contributed by atoms with Gasteiger partial charge in [0.2, 0.25) is 0 Å². The molecule has 0 bridgehead atoms. The lowest BCUT2D eigenvalue weighted by atomic mass is 10.0. The van der Waals surface area contributed by atoms with E-state index in [-0.39, 0.29) is 0 Å². The maximum atomic E-state index is 9.08. The summed E-state index contributed by atoms with van der Waals surface area (Å²) in [7, 11) is 1.64. The standard InChI is InChI=1S/C25H18N6O/c1-32-21-12-11-19(17-5-3-2-4-6-17)13-20(21)29-24-22-23(30-31-25(22)28-15-27-24)18-9-7-16(14-26)8-10-18/h2-13,15H,1H3,(H2,27,28,29,30,31). The van der Waals surface area contributed by atoms with Crippen LogP contribution in [0.2, 0.25) is 0 Å². The van der Waals surface area contributed by atoms with Gasteiger partial charge in [0.15, 0.2) is 5.65 Å². The Morgan fingerprint density at radius 2 is 1.69 bits per heavy atom. The Hall–Kier alpha value is -4.70. The Balaban J connectivity index is 1.60. The molecule has 2 aromatic heterocycles. The molecule has 7 heteroatoms. The van der Waals surface area contributed by atoms with Crippen LogP contribution in [-0.4, -0.2) is 27.3 Å². The largest absolute Gasteiger partial charge is 0.495 e. The normalized spacial score (nSPS) is 10.6. The third-order valence-electron chi connectivity index (χ3n) is 5.21. The molecule has 0 fully saturated rings. The van der Waals surface area contributed by atoms with Gasteiger partial charge in [-0.1, -0.05) is 48.5 Å². The highest BCUT2D eigenvalue weighted by molar-refractivity contribution is 6.00. The quantitative estimate of drug-likeness (QED) is 0.401. The summed E-state index contributed by atoms with van der Waals surface area (Å²) in [5.41, 5.74) is 5.72. The number of nitrogens with zero attached hydrogens (tertiary/aromatic N) is 4. The van der Waals surface area contributed by atoms with Crippen LogP contribution in [0, 0.1) is 11.3 Å². The second-order valence-corrected chi connectivity index (χ2v) is 7.11. The predicted octanol–water partition coefficient (Wildman–Crippen LogP) is 5.31. The molecule has 0 saturated heterocycles. The molecule has 7 nitrogen and oxygen atoms in total. The van der Waals surface area contributed by atoms with E-state index in [1.807, 2.05) is 48.5 Å². The first-order valence-electron chi connectivity index (χ1n) is 9.97. The molecule has 154 valence electrons. The van der Waals surface area contributed by atoms with Gasteiger partial charge >= 0.3 is 0 Å². The smallest absolute Gasteiger partial charge is 0.186 e. The van der Waals surface area contributed by atoms with Gasteiger partial charge in [-0.05, 0) is 35.4 Å². The maximum Gasteiger partial charge on any atom is 0.186 e. The van der Waals surface area contributed by atoms with E-state index >= 15 is 0 Å². The lowest BCUT2D eigenvalue weighted by molar-refractivity contribution is 0.417. The van der Waals surface area contributed by atoms with Crippen LogP contribution in [0.15, 0.2) is 79.1 Å². The van der Waals surface area contributed by atoms with Crippen molar-refractivity contribution in [1.82, 2.24) is 20.2 Å². The highest BCUT2D eigenvalue weighted by Crippen LogP contribution is 2.36. The highest BCUT2D eigenvalue weighted by Gasteiger charge is 2.16. The van der Waals surface area contributed by atoms with Crippen LogP contribution in [-0.2, 0) is 0 Å². The molecule has 3 aromatic carbocycles. The molecule has 2 heterocycles. The van der Waals surface area contributed by atoms with Crippen molar-refractivity contribution in [3.05, 3.63) is 84.7 Å². The molecule has 5 aromatic rings. The van der Waals surface area contributed by atoms with E-state index in [0.29, 0.717) is 22.8 Å². The summed E-state index contributed by atoms with van der Waals surface area (Å²) in [6.07, 6.45) is 1.47. The van der Waals surface area contributed by atoms with Gasteiger partial charge in [0, 0.05) is 5.56 Å². The van der Waals surface area contributed by atoms with Gasteiger partial charge in [-0.15, -0.1) is 0 Å². The van der Waals surface area contributed by atoms with E-state index in [9.17, 15) is 0 Å². The van der Waals surface area contributed by atoms with Crippen LogP contribution in [0.1, 0.15) is 5.56 Å². The van der Waals surface area contributed by atoms with Crippen LogP contribution in [0.3, 0.4) is 0 Å². The zero-order chi connectivity index (χ0) is 21.9. The average molecular weight is 418 g/mol. The zero-order valence-electron chi connectivity index (χ0n) is 17.2. The van der Waals surface area contributed by atoms with Gasteiger partial charge in [-0.3, -0.25) is 5.10 Å². The number of hydrogen-bond acceptors (Lipinski definition) is 6. The molecule has 0 unspecified atom stereocenters. The number of benzene rings is 3. The summed E-state index contributed by atoms with van der Waals surface area (Å²) >= 11 is 0. The highest BCUT2D eigenvalue weighted by atomic mass is 16.5. The number of nitrogens with one attached hydrogen (secondary N) is 2. The lowest BCUT2D eigenvalue weighted by Crippen LogP contribution is -1.99. The predicted molar refractivity (Wildman–Crippen MR) is 124 cm³/mol. The van der Waals surface area contributed by atoms with Crippen molar-refractivity contribution < 1.29 is 4.74 Å². The first-order valence-corrected chi connectivity index (χ1v) is 9.97. The van der Waals surface area contributed by atoms with E-state index < -0.39 is 0 Å². The van der Waals surface area contributed by atoms with Crippen molar-refractivity contribution in [2.24, 2.45) is 0 Å². The number of rotatable bonds is 5. The van der Waals surface area contributed by atoms with Crippen LogP contribution in [0.4, 0.5) is 11.5 Å². The first-order chi connectivity index (χ1) is 15.8. The monoisotopic (exact) mass is 418 g/mol. The molecule has 0 radical (unpaired) electrons. The van der Waals surface area contributed by atoms with Crippen molar-refractivity contribution in [3.63, 3.8) is 0 Å². The summed E-state index contributed by atoms with van der Waals surface area (Å²) < 4.78 is 5.58. The minimum absolute atomic E-state index is 0.542. The van der Waals surface area contributed by atoms with E-state index in [1.165, 1.54) is 6.33 Å². The molecule has 2 N–H and O–H groups in total. The minimum Gasteiger partial charge on any atom is -0.495 e. The molecule has 0 aliphatic carbocycles. The molecule has 0 saturated carbocycles. The third-order valence-corrected chi connectivity index (χ3v) is 5.21. The maximum absolute atomic E-state index is 9.08. The van der Waals surface area contributed by atoms with E-state index in [1.54, 1.807) is 19.2 Å². The number of ether oxygens (including phenoxy) is 1. The SMILES string of the molecule is COc1ccc(-c2ccccc2)cc1Nc1ncnc2n[nH]c(-c3ccc(C#N)cc3)c12. The lowest BCUT2D eigenvalue weighted by Gasteiger charge is -2.13. The number of aromatic nitrogens is 4. The molecule has 0 amide bonds. The first kappa shape index (κ1) is 19.3. The fraction of sp³-hybridized carbons (Fsp3) is 0.0400. The van der Waals surface area contributed by atoms with Gasteiger partial charge in [-0.25, -0.2) is 9.97 Å². The Morgan fingerprint density at radius 1 is 0.906 bits per heavy atom. The summed E-state index contributed by atoms with van der Waals surface area (Å²) in [5.74, 6) is 1.30. The Kier molecular flexibility index (Phi) is 4.94. The fourth-order valence-corrected chi connectivity index (χ4v) is 3.61. The molecular weight excluding hydrogens is 400 g/mol. The van der Waals surface area contributed by atoms with Crippen LogP contribution in [0.5, 0.6) is 5.75 Å². The van der Waals surface area contributed by atoms with Crippen molar-refractivity contribution in [3.8, 4) is 34.2 Å². The van der Waals surface area contributed by atoms with Crippen LogP contribution >= 0.6 is 0 Å². The molecular formula is C25H18N6O. The second kappa shape index (κ2) is 8.20. The molecule has 0 aliphatic rings. The fourth-order valence-electron chi connectivity index (χ4n) is 3.61. The number of anilines is 2. The number of methoxy groups -OCH3 is 1. The molecule has 0 aliphatic heterocycles. The van der Waals surface area contributed by atoms with Crippen LogP contribution in [0.25, 0.3) is 33.4 Å². The van der Waals surface area contributed by atoms with Crippen molar-refractivity contribution in [1.29, 1.82) is 5.26 Å². The molecule has 0 spiro atoms. The Morgan fingerprint density at radius 3 is 2.44 bits per heavy atom. The Labute approximate surface area is 184 Å². The zero-order valence-corrected chi connectivity index (χ0v) is 17.2. The molecule has 32 heavy (non-hydrogen) atoms. The van der Waals surface area contributed by atoms with Gasteiger partial charge in [0.05, 0.1) is 35.5 Å². The molecule has 0 atom stereocenters. The third kappa shape index (κ3) is 3.50. The Bertz CT molecular complexity index is 1440. The van der Waals surface area contributed by atoms with E-state index in [4.69, 9.17) is 10.00 Å². The summed E-state index contributed by atoms with van der Waals surface area (Å²) in [6, 6.07) is 25.5. The summed E-state index contributed by atoms with van der Waals surface area (Å²) in [5, 5.41) is 20.6. The number of hydrogen-bond donors (Lipinski definition) is 2. The number of fused-ring (bicyclic) bond motifs is 1. The molecule has 5 rings (SSSR count). The summed E-state index contributed by atoms with van der Waals surface area (Å²) in [4.78, 5) is 8.78. The van der Waals surface area contributed by atoms with Gasteiger partial charge in [-0.2, -0.15) is 10.4 Å².